The zero-order valence-electron chi connectivity index (χ0n) is 17.1. The van der Waals surface area contributed by atoms with E-state index in [2.05, 4.69) is 56.8 Å². The summed E-state index contributed by atoms with van der Waals surface area (Å²) in [7, 11) is 9.99. The van der Waals surface area contributed by atoms with Crippen LogP contribution in [0, 0.1) is 5.92 Å². The molecule has 1 fully saturated rings. The molecule has 1 saturated heterocycles. The van der Waals surface area contributed by atoms with Gasteiger partial charge >= 0.3 is 0 Å². The van der Waals surface area contributed by atoms with Gasteiger partial charge in [-0.1, -0.05) is 0 Å². The number of aryl methyl sites for hydroxylation is 2. The number of nitrogens with one attached hydrogen (secondary N) is 1. The van der Waals surface area contributed by atoms with Crippen LogP contribution >= 0.6 is 0 Å². The van der Waals surface area contributed by atoms with Crippen molar-refractivity contribution in [2.75, 3.05) is 40.8 Å². The third kappa shape index (κ3) is 4.88. The van der Waals surface area contributed by atoms with Crippen molar-refractivity contribution in [1.29, 1.82) is 0 Å². The summed E-state index contributed by atoms with van der Waals surface area (Å²) < 4.78 is 3.73. The highest BCUT2D eigenvalue weighted by atomic mass is 15.3. The zero-order chi connectivity index (χ0) is 19.4. The van der Waals surface area contributed by atoms with Crippen molar-refractivity contribution in [1.82, 2.24) is 34.7 Å². The first-order valence-corrected chi connectivity index (χ1v) is 9.54. The molecule has 2 aromatic heterocycles. The molecular formula is C19H32N8. The van der Waals surface area contributed by atoms with Crippen LogP contribution < -0.4 is 5.32 Å². The first-order chi connectivity index (χ1) is 13.0. The molecule has 8 nitrogen and oxygen atoms in total. The highest BCUT2D eigenvalue weighted by Crippen LogP contribution is 2.21. The molecule has 2 aromatic rings. The predicted molar refractivity (Wildman–Crippen MR) is 108 cm³/mol. The van der Waals surface area contributed by atoms with Crippen molar-refractivity contribution in [3.05, 3.63) is 35.9 Å². The maximum absolute atomic E-state index is 4.52. The van der Waals surface area contributed by atoms with E-state index in [0.29, 0.717) is 5.92 Å². The number of aliphatic imine (C=N–C) groups is 1. The van der Waals surface area contributed by atoms with Gasteiger partial charge in [0.2, 0.25) is 0 Å². The molecule has 0 radical (unpaired) electrons. The van der Waals surface area contributed by atoms with Crippen LogP contribution in [0.25, 0.3) is 0 Å². The van der Waals surface area contributed by atoms with Gasteiger partial charge in [-0.25, -0.2) is 0 Å². The first kappa shape index (κ1) is 19.4. The summed E-state index contributed by atoms with van der Waals surface area (Å²) >= 11 is 0. The fraction of sp³-hybridized carbons (Fsp3) is 0.632. The molecule has 148 valence electrons. The van der Waals surface area contributed by atoms with E-state index in [1.54, 1.807) is 0 Å². The van der Waals surface area contributed by atoms with Crippen molar-refractivity contribution in [2.24, 2.45) is 25.0 Å². The van der Waals surface area contributed by atoms with E-state index in [1.807, 2.05) is 42.9 Å². The monoisotopic (exact) mass is 372 g/mol. The standard InChI is InChI=1S/C19H32N8/c1-20-19(21-11-18(24(2)3)17-10-23-26(5)14-17)27-7-6-15(13-27)8-16-9-22-25(4)12-16/h9-10,12,14-15,18H,6-8,11,13H2,1-5H3,(H,20,21). The third-order valence-corrected chi connectivity index (χ3v) is 5.27. The fourth-order valence-corrected chi connectivity index (χ4v) is 3.83. The molecule has 1 N–H and O–H groups in total. The van der Waals surface area contributed by atoms with Crippen molar-refractivity contribution in [3.63, 3.8) is 0 Å². The summed E-state index contributed by atoms with van der Waals surface area (Å²) in [5.41, 5.74) is 2.53. The lowest BCUT2D eigenvalue weighted by Crippen LogP contribution is -2.43. The van der Waals surface area contributed by atoms with Crippen LogP contribution in [-0.4, -0.2) is 76.1 Å². The molecule has 0 bridgehead atoms. The molecule has 0 aliphatic carbocycles. The van der Waals surface area contributed by atoms with Gasteiger partial charge in [-0.15, -0.1) is 0 Å². The quantitative estimate of drug-likeness (QED) is 0.603. The summed E-state index contributed by atoms with van der Waals surface area (Å²) in [6.45, 7) is 2.88. The highest BCUT2D eigenvalue weighted by Gasteiger charge is 2.26. The van der Waals surface area contributed by atoms with Crippen molar-refractivity contribution < 1.29 is 0 Å². The number of hydrogen-bond acceptors (Lipinski definition) is 4. The normalized spacial score (nSPS) is 19.1. The summed E-state index contributed by atoms with van der Waals surface area (Å²) in [5, 5.41) is 12.2. The number of nitrogens with zero attached hydrogens (tertiary/aromatic N) is 7. The number of likely N-dealkylation sites (N-methyl/N-ethyl adjacent to an activating group) is 1. The summed E-state index contributed by atoms with van der Waals surface area (Å²) in [6, 6.07) is 0.254. The van der Waals surface area contributed by atoms with Crippen molar-refractivity contribution in [2.45, 2.75) is 18.9 Å². The Kier molecular flexibility index (Phi) is 6.15. The van der Waals surface area contributed by atoms with Gasteiger partial charge in [0.15, 0.2) is 5.96 Å². The minimum Gasteiger partial charge on any atom is -0.354 e. The summed E-state index contributed by atoms with van der Waals surface area (Å²) in [4.78, 5) is 9.11. The second-order valence-corrected chi connectivity index (χ2v) is 7.68. The predicted octanol–water partition coefficient (Wildman–Crippen LogP) is 0.896. The average molecular weight is 373 g/mol. The molecule has 1 aliphatic heterocycles. The van der Waals surface area contributed by atoms with Gasteiger partial charge in [0.25, 0.3) is 0 Å². The number of rotatable bonds is 6. The first-order valence-electron chi connectivity index (χ1n) is 9.54. The average Bonchev–Trinajstić information content (AvgIpc) is 3.34. The van der Waals surface area contributed by atoms with Crippen molar-refractivity contribution in [3.8, 4) is 0 Å². The molecule has 2 unspecified atom stereocenters. The Bertz CT molecular complexity index is 759. The van der Waals surface area contributed by atoms with E-state index in [0.717, 1.165) is 32.0 Å². The largest absolute Gasteiger partial charge is 0.354 e. The molecule has 0 amide bonds. The van der Waals surface area contributed by atoms with Crippen LogP contribution in [0.1, 0.15) is 23.6 Å². The molecule has 2 atom stereocenters. The Morgan fingerprint density at radius 2 is 2.00 bits per heavy atom. The fourth-order valence-electron chi connectivity index (χ4n) is 3.83. The number of likely N-dealkylation sites (tertiary alicyclic amines) is 1. The van der Waals surface area contributed by atoms with Crippen LogP contribution in [0.15, 0.2) is 29.8 Å². The van der Waals surface area contributed by atoms with Crippen LogP contribution in [0.2, 0.25) is 0 Å². The SMILES string of the molecule is CN=C(NCC(c1cnn(C)c1)N(C)C)N1CCC(Cc2cnn(C)c2)C1. The molecule has 0 saturated carbocycles. The zero-order valence-corrected chi connectivity index (χ0v) is 17.1. The smallest absolute Gasteiger partial charge is 0.193 e. The Labute approximate surface area is 161 Å². The van der Waals surface area contributed by atoms with Gasteiger partial charge < -0.3 is 15.1 Å². The lowest BCUT2D eigenvalue weighted by Gasteiger charge is -2.27. The van der Waals surface area contributed by atoms with E-state index in [-0.39, 0.29) is 6.04 Å². The molecule has 0 aromatic carbocycles. The van der Waals surface area contributed by atoms with E-state index >= 15 is 0 Å². The van der Waals surface area contributed by atoms with E-state index in [4.69, 9.17) is 0 Å². The van der Waals surface area contributed by atoms with E-state index in [1.165, 1.54) is 17.5 Å². The molecule has 3 rings (SSSR count). The number of hydrogen-bond donors (Lipinski definition) is 1. The van der Waals surface area contributed by atoms with Gasteiger partial charge in [0.05, 0.1) is 18.4 Å². The molecule has 8 heteroatoms. The lowest BCUT2D eigenvalue weighted by atomic mass is 10.0. The second-order valence-electron chi connectivity index (χ2n) is 7.68. The minimum absolute atomic E-state index is 0.254. The van der Waals surface area contributed by atoms with Crippen LogP contribution in [0.5, 0.6) is 0 Å². The lowest BCUT2D eigenvalue weighted by molar-refractivity contribution is 0.295. The van der Waals surface area contributed by atoms with Crippen molar-refractivity contribution >= 4 is 5.96 Å². The van der Waals surface area contributed by atoms with Crippen LogP contribution in [-0.2, 0) is 20.5 Å². The van der Waals surface area contributed by atoms with Gasteiger partial charge in [-0.05, 0) is 38.4 Å². The minimum atomic E-state index is 0.254. The van der Waals surface area contributed by atoms with Gasteiger partial charge in [-0.2, -0.15) is 10.2 Å². The highest BCUT2D eigenvalue weighted by molar-refractivity contribution is 5.80. The van der Waals surface area contributed by atoms with Crippen LogP contribution in [0.3, 0.4) is 0 Å². The molecule has 27 heavy (non-hydrogen) atoms. The maximum Gasteiger partial charge on any atom is 0.193 e. The number of aromatic nitrogens is 4. The van der Waals surface area contributed by atoms with Gasteiger partial charge in [-0.3, -0.25) is 14.4 Å². The Hall–Kier alpha value is -2.35. The Morgan fingerprint density at radius 3 is 2.59 bits per heavy atom. The Balaban J connectivity index is 1.55. The topological polar surface area (TPSA) is 66.5 Å². The summed E-state index contributed by atoms with van der Waals surface area (Å²) in [5.74, 6) is 1.63. The second kappa shape index (κ2) is 8.56. The van der Waals surface area contributed by atoms with E-state index < -0.39 is 0 Å². The Morgan fingerprint density at radius 1 is 1.26 bits per heavy atom. The number of guanidine groups is 1. The molecule has 1 aliphatic rings. The molecule has 3 heterocycles. The van der Waals surface area contributed by atoms with Gasteiger partial charge in [0.1, 0.15) is 0 Å². The van der Waals surface area contributed by atoms with Gasteiger partial charge in [0, 0.05) is 58.7 Å². The van der Waals surface area contributed by atoms with Crippen LogP contribution in [0.4, 0.5) is 0 Å². The van der Waals surface area contributed by atoms with E-state index in [9.17, 15) is 0 Å². The molecule has 0 spiro atoms. The third-order valence-electron chi connectivity index (χ3n) is 5.27. The molecular weight excluding hydrogens is 340 g/mol. The summed E-state index contributed by atoms with van der Waals surface area (Å²) in [6.07, 6.45) is 10.4. The maximum atomic E-state index is 4.52.